The molecule has 1 heterocycles. The molecule has 4 nitrogen and oxygen atoms in total. The van der Waals surface area contributed by atoms with E-state index >= 15 is 0 Å². The summed E-state index contributed by atoms with van der Waals surface area (Å²) in [7, 11) is 1.54. The number of fused-ring (bicyclic) bond motifs is 1. The van der Waals surface area contributed by atoms with Crippen molar-refractivity contribution in [2.75, 3.05) is 19.0 Å². The van der Waals surface area contributed by atoms with Gasteiger partial charge in [-0.2, -0.15) is 0 Å². The standard InChI is InChI=1S/C17H19NO3/c1-11-10-21-15-6-4-3-5-13(15)17(11)18-12-7-8-16(20-2)14(19)9-12/h3-9,11,17-19H,10H2,1-2H3. The topological polar surface area (TPSA) is 50.7 Å². The maximum atomic E-state index is 9.89. The van der Waals surface area contributed by atoms with Crippen LogP contribution in [0.25, 0.3) is 0 Å². The summed E-state index contributed by atoms with van der Waals surface area (Å²) in [6.45, 7) is 2.83. The summed E-state index contributed by atoms with van der Waals surface area (Å²) in [5.74, 6) is 1.87. The van der Waals surface area contributed by atoms with Gasteiger partial charge in [0, 0.05) is 23.2 Å². The summed E-state index contributed by atoms with van der Waals surface area (Å²) >= 11 is 0. The molecule has 2 atom stereocenters. The summed E-state index contributed by atoms with van der Waals surface area (Å²) in [6, 6.07) is 13.6. The van der Waals surface area contributed by atoms with E-state index in [0.29, 0.717) is 18.3 Å². The van der Waals surface area contributed by atoms with E-state index < -0.39 is 0 Å². The number of anilines is 1. The van der Waals surface area contributed by atoms with Gasteiger partial charge in [0.1, 0.15) is 5.75 Å². The van der Waals surface area contributed by atoms with Gasteiger partial charge >= 0.3 is 0 Å². The average Bonchev–Trinajstić information content (AvgIpc) is 2.50. The molecule has 2 aromatic carbocycles. The molecule has 0 aromatic heterocycles. The van der Waals surface area contributed by atoms with E-state index in [1.54, 1.807) is 19.2 Å². The number of aromatic hydroxyl groups is 1. The van der Waals surface area contributed by atoms with Gasteiger partial charge in [-0.1, -0.05) is 25.1 Å². The van der Waals surface area contributed by atoms with Crippen LogP contribution in [0.3, 0.4) is 0 Å². The lowest BCUT2D eigenvalue weighted by molar-refractivity contribution is 0.214. The summed E-state index contributed by atoms with van der Waals surface area (Å²) in [5.41, 5.74) is 2.01. The number of nitrogens with one attached hydrogen (secondary N) is 1. The van der Waals surface area contributed by atoms with E-state index in [9.17, 15) is 5.11 Å². The van der Waals surface area contributed by atoms with Gasteiger partial charge in [0.25, 0.3) is 0 Å². The third kappa shape index (κ3) is 2.61. The fourth-order valence-electron chi connectivity index (χ4n) is 2.67. The Morgan fingerprint density at radius 1 is 1.24 bits per heavy atom. The number of hydrogen-bond acceptors (Lipinski definition) is 4. The van der Waals surface area contributed by atoms with Crippen molar-refractivity contribution in [2.24, 2.45) is 5.92 Å². The van der Waals surface area contributed by atoms with Crippen LogP contribution < -0.4 is 14.8 Å². The maximum Gasteiger partial charge on any atom is 0.160 e. The molecule has 1 aliphatic rings. The summed E-state index contributed by atoms with van der Waals surface area (Å²) in [6.07, 6.45) is 0. The Bertz CT molecular complexity index is 642. The lowest BCUT2D eigenvalue weighted by Gasteiger charge is -2.32. The van der Waals surface area contributed by atoms with Crippen molar-refractivity contribution in [3.8, 4) is 17.2 Å². The highest BCUT2D eigenvalue weighted by molar-refractivity contribution is 5.56. The molecular formula is C17H19NO3. The molecule has 2 N–H and O–H groups in total. The number of methoxy groups -OCH3 is 1. The fraction of sp³-hybridized carbons (Fsp3) is 0.294. The van der Waals surface area contributed by atoms with Gasteiger partial charge < -0.3 is 19.9 Å². The van der Waals surface area contributed by atoms with Crippen LogP contribution in [0.2, 0.25) is 0 Å². The highest BCUT2D eigenvalue weighted by Crippen LogP contribution is 2.38. The number of ether oxygens (including phenoxy) is 2. The van der Waals surface area contributed by atoms with Gasteiger partial charge in [-0.3, -0.25) is 0 Å². The Hall–Kier alpha value is -2.36. The van der Waals surface area contributed by atoms with Gasteiger partial charge in [0.15, 0.2) is 11.5 Å². The third-order valence-corrected chi connectivity index (χ3v) is 3.83. The highest BCUT2D eigenvalue weighted by Gasteiger charge is 2.27. The first-order chi connectivity index (χ1) is 10.2. The molecule has 1 aliphatic heterocycles. The molecule has 2 aromatic rings. The number of phenolic OH excluding ortho intramolecular Hbond substituents is 1. The van der Waals surface area contributed by atoms with Crippen LogP contribution in [0.5, 0.6) is 17.2 Å². The van der Waals surface area contributed by atoms with E-state index in [1.807, 2.05) is 24.3 Å². The zero-order valence-corrected chi connectivity index (χ0v) is 12.2. The van der Waals surface area contributed by atoms with Gasteiger partial charge in [-0.05, 0) is 18.2 Å². The minimum absolute atomic E-state index is 0.135. The monoisotopic (exact) mass is 285 g/mol. The van der Waals surface area contributed by atoms with Crippen LogP contribution in [-0.4, -0.2) is 18.8 Å². The Balaban J connectivity index is 1.89. The number of hydrogen-bond donors (Lipinski definition) is 2. The van der Waals surface area contributed by atoms with Crippen molar-refractivity contribution in [1.82, 2.24) is 0 Å². The molecule has 0 fully saturated rings. The van der Waals surface area contributed by atoms with Crippen LogP contribution in [0, 0.1) is 5.92 Å². The molecule has 0 spiro atoms. The SMILES string of the molecule is COc1ccc(NC2c3ccccc3OCC2C)cc1O. The van der Waals surface area contributed by atoms with Crippen LogP contribution in [0.1, 0.15) is 18.5 Å². The van der Waals surface area contributed by atoms with E-state index in [0.717, 1.165) is 17.0 Å². The highest BCUT2D eigenvalue weighted by atomic mass is 16.5. The maximum absolute atomic E-state index is 9.89. The van der Waals surface area contributed by atoms with Crippen LogP contribution in [-0.2, 0) is 0 Å². The Morgan fingerprint density at radius 2 is 2.05 bits per heavy atom. The van der Waals surface area contributed by atoms with Crippen LogP contribution in [0.15, 0.2) is 42.5 Å². The molecular weight excluding hydrogens is 266 g/mol. The molecule has 21 heavy (non-hydrogen) atoms. The summed E-state index contributed by atoms with van der Waals surface area (Å²) in [5, 5.41) is 13.4. The zero-order valence-electron chi connectivity index (χ0n) is 12.2. The van der Waals surface area contributed by atoms with E-state index in [-0.39, 0.29) is 11.8 Å². The van der Waals surface area contributed by atoms with Crippen molar-refractivity contribution in [2.45, 2.75) is 13.0 Å². The van der Waals surface area contributed by atoms with Gasteiger partial charge in [-0.25, -0.2) is 0 Å². The molecule has 2 unspecified atom stereocenters. The van der Waals surface area contributed by atoms with Crippen LogP contribution >= 0.6 is 0 Å². The molecule has 0 radical (unpaired) electrons. The lowest BCUT2D eigenvalue weighted by Crippen LogP contribution is -2.28. The quantitative estimate of drug-likeness (QED) is 0.905. The predicted molar refractivity (Wildman–Crippen MR) is 82.1 cm³/mol. The third-order valence-electron chi connectivity index (χ3n) is 3.83. The second kappa shape index (κ2) is 5.56. The Labute approximate surface area is 124 Å². The lowest BCUT2D eigenvalue weighted by atomic mass is 9.92. The van der Waals surface area contributed by atoms with Gasteiger partial charge in [-0.15, -0.1) is 0 Å². The Kier molecular flexibility index (Phi) is 3.60. The van der Waals surface area contributed by atoms with Crippen LogP contribution in [0.4, 0.5) is 5.69 Å². The normalized spacial score (nSPS) is 20.3. The summed E-state index contributed by atoms with van der Waals surface area (Å²) < 4.78 is 10.8. The fourth-order valence-corrected chi connectivity index (χ4v) is 2.67. The van der Waals surface area contributed by atoms with Gasteiger partial charge in [0.05, 0.1) is 19.8 Å². The molecule has 0 bridgehead atoms. The first-order valence-electron chi connectivity index (χ1n) is 7.04. The zero-order chi connectivity index (χ0) is 14.8. The van der Waals surface area contributed by atoms with Crippen molar-refractivity contribution in [1.29, 1.82) is 0 Å². The first-order valence-corrected chi connectivity index (χ1v) is 7.04. The molecule has 0 saturated carbocycles. The van der Waals surface area contributed by atoms with E-state index in [1.165, 1.54) is 0 Å². The van der Waals surface area contributed by atoms with E-state index in [4.69, 9.17) is 9.47 Å². The minimum Gasteiger partial charge on any atom is -0.504 e. The molecule has 110 valence electrons. The predicted octanol–water partition coefficient (Wildman–Crippen LogP) is 3.58. The minimum atomic E-state index is 0.135. The van der Waals surface area contributed by atoms with Crippen molar-refractivity contribution < 1.29 is 14.6 Å². The molecule has 4 heteroatoms. The number of phenols is 1. The molecule has 0 amide bonds. The molecule has 0 aliphatic carbocycles. The van der Waals surface area contributed by atoms with E-state index in [2.05, 4.69) is 18.3 Å². The largest absolute Gasteiger partial charge is 0.504 e. The van der Waals surface area contributed by atoms with Crippen molar-refractivity contribution >= 4 is 5.69 Å². The second-order valence-corrected chi connectivity index (χ2v) is 5.33. The first kappa shape index (κ1) is 13.6. The van der Waals surface area contributed by atoms with Crippen molar-refractivity contribution in [3.05, 3.63) is 48.0 Å². The number of benzene rings is 2. The summed E-state index contributed by atoms with van der Waals surface area (Å²) in [4.78, 5) is 0. The number of rotatable bonds is 3. The average molecular weight is 285 g/mol. The Morgan fingerprint density at radius 3 is 2.81 bits per heavy atom. The molecule has 3 rings (SSSR count). The smallest absolute Gasteiger partial charge is 0.160 e. The second-order valence-electron chi connectivity index (χ2n) is 5.33. The van der Waals surface area contributed by atoms with Gasteiger partial charge in [0.2, 0.25) is 0 Å². The van der Waals surface area contributed by atoms with Crippen molar-refractivity contribution in [3.63, 3.8) is 0 Å². The molecule has 0 saturated heterocycles. The number of para-hydroxylation sites is 1.